The lowest BCUT2D eigenvalue weighted by molar-refractivity contribution is -0.243. The molecule has 120 valence electrons. The summed E-state index contributed by atoms with van der Waals surface area (Å²) in [5.41, 5.74) is 0. The lowest BCUT2D eigenvalue weighted by Gasteiger charge is -2.42. The predicted molar refractivity (Wildman–Crippen MR) is 68.1 cm³/mol. The van der Waals surface area contributed by atoms with E-state index < -0.39 is 48.4 Å². The van der Waals surface area contributed by atoms with Crippen molar-refractivity contribution in [3.63, 3.8) is 0 Å². The summed E-state index contributed by atoms with van der Waals surface area (Å²) in [6, 6.07) is 0. The highest BCUT2D eigenvalue weighted by Crippen LogP contribution is 2.26. The molecule has 0 unspecified atom stereocenters. The normalized spacial score (nSPS) is 32.1. The third kappa shape index (κ3) is 4.98. The Kier molecular flexibility index (Phi) is 6.10. The molecule has 8 heteroatoms. The van der Waals surface area contributed by atoms with Crippen LogP contribution in [0.2, 0.25) is 0 Å². The van der Waals surface area contributed by atoms with Gasteiger partial charge in [0.2, 0.25) is 0 Å². The molecule has 0 radical (unpaired) electrons. The van der Waals surface area contributed by atoms with Gasteiger partial charge < -0.3 is 24.1 Å². The summed E-state index contributed by atoms with van der Waals surface area (Å²) >= 11 is 0. The van der Waals surface area contributed by atoms with Crippen LogP contribution in [-0.2, 0) is 33.3 Å². The Balaban J connectivity index is 2.94. The fourth-order valence-corrected chi connectivity index (χ4v) is 2.10. The first kappa shape index (κ1) is 17.4. The van der Waals surface area contributed by atoms with Gasteiger partial charge in [-0.15, -0.1) is 0 Å². The summed E-state index contributed by atoms with van der Waals surface area (Å²) < 4.78 is 20.4. The van der Waals surface area contributed by atoms with Crippen molar-refractivity contribution in [1.29, 1.82) is 0 Å². The second-order valence-electron chi connectivity index (χ2n) is 4.82. The summed E-state index contributed by atoms with van der Waals surface area (Å²) in [5, 5.41) is 10.1. The molecule has 1 rings (SSSR count). The van der Waals surface area contributed by atoms with Crippen molar-refractivity contribution in [2.24, 2.45) is 0 Å². The van der Waals surface area contributed by atoms with E-state index in [1.807, 2.05) is 0 Å². The Morgan fingerprint density at radius 3 is 2.00 bits per heavy atom. The summed E-state index contributed by atoms with van der Waals surface area (Å²) in [4.78, 5) is 33.3. The lowest BCUT2D eigenvalue weighted by atomic mass is 9.95. The third-order valence-electron chi connectivity index (χ3n) is 2.95. The van der Waals surface area contributed by atoms with Gasteiger partial charge in [-0.3, -0.25) is 14.4 Å². The maximum Gasteiger partial charge on any atom is 0.303 e. The Bertz CT molecular complexity index is 407. The number of rotatable bonds is 4. The summed E-state index contributed by atoms with van der Waals surface area (Å²) in [6.45, 7) is 4.98. The van der Waals surface area contributed by atoms with Gasteiger partial charge in [-0.25, -0.2) is 0 Å². The molecule has 1 saturated heterocycles. The van der Waals surface area contributed by atoms with Gasteiger partial charge in [-0.05, 0) is 6.92 Å². The maximum absolute atomic E-state index is 11.2. The Hall–Kier alpha value is -1.67. The van der Waals surface area contributed by atoms with Gasteiger partial charge in [0, 0.05) is 20.8 Å². The molecule has 0 aromatic carbocycles. The largest absolute Gasteiger partial charge is 0.463 e. The molecule has 1 N–H and O–H groups in total. The second-order valence-corrected chi connectivity index (χ2v) is 4.82. The molecule has 0 aromatic rings. The molecule has 0 bridgehead atoms. The molecule has 0 saturated carbocycles. The number of aliphatic hydroxyl groups is 1. The van der Waals surface area contributed by atoms with Crippen LogP contribution >= 0.6 is 0 Å². The summed E-state index contributed by atoms with van der Waals surface area (Å²) in [7, 11) is 0. The first-order chi connectivity index (χ1) is 9.72. The van der Waals surface area contributed by atoms with Gasteiger partial charge in [0.15, 0.2) is 12.2 Å². The molecule has 5 atom stereocenters. The number of ether oxygens (including phenoxy) is 4. The van der Waals surface area contributed by atoms with Gasteiger partial charge >= 0.3 is 17.9 Å². The zero-order chi connectivity index (χ0) is 16.2. The van der Waals surface area contributed by atoms with Crippen LogP contribution < -0.4 is 0 Å². The van der Waals surface area contributed by atoms with E-state index in [0.717, 1.165) is 0 Å². The van der Waals surface area contributed by atoms with Crippen molar-refractivity contribution in [3.05, 3.63) is 0 Å². The van der Waals surface area contributed by atoms with E-state index in [9.17, 15) is 19.5 Å². The number of esters is 3. The second kappa shape index (κ2) is 7.37. The van der Waals surface area contributed by atoms with Crippen LogP contribution in [0.4, 0.5) is 0 Å². The fraction of sp³-hybridized carbons (Fsp3) is 0.769. The number of carbonyl (C=O) groups excluding carboxylic acids is 3. The van der Waals surface area contributed by atoms with Crippen LogP contribution in [0.15, 0.2) is 0 Å². The molecule has 1 aliphatic heterocycles. The van der Waals surface area contributed by atoms with Crippen molar-refractivity contribution in [3.8, 4) is 0 Å². The molecule has 0 aliphatic carbocycles. The standard InChI is InChI=1S/C13H20O8/c1-6-11(17)13(21-9(4)16)12(20-8(3)15)10(19-6)5-18-7(2)14/h6,10-13,17H,5H2,1-4H3/t6-,10+,11-,12-,13+/m0/s1. The Morgan fingerprint density at radius 1 is 1.00 bits per heavy atom. The minimum Gasteiger partial charge on any atom is -0.463 e. The van der Waals surface area contributed by atoms with Gasteiger partial charge in [-0.1, -0.05) is 0 Å². The van der Waals surface area contributed by atoms with E-state index in [4.69, 9.17) is 18.9 Å². The van der Waals surface area contributed by atoms with E-state index in [-0.39, 0.29) is 6.61 Å². The average molecular weight is 304 g/mol. The molecule has 0 spiro atoms. The van der Waals surface area contributed by atoms with E-state index in [1.54, 1.807) is 6.92 Å². The van der Waals surface area contributed by atoms with E-state index in [0.29, 0.717) is 0 Å². The first-order valence-corrected chi connectivity index (χ1v) is 6.53. The zero-order valence-corrected chi connectivity index (χ0v) is 12.4. The van der Waals surface area contributed by atoms with Crippen molar-refractivity contribution in [2.45, 2.75) is 58.2 Å². The molecule has 21 heavy (non-hydrogen) atoms. The van der Waals surface area contributed by atoms with E-state index >= 15 is 0 Å². The van der Waals surface area contributed by atoms with Crippen LogP contribution in [0.25, 0.3) is 0 Å². The molecule has 0 amide bonds. The highest BCUT2D eigenvalue weighted by molar-refractivity contribution is 5.67. The van der Waals surface area contributed by atoms with E-state index in [2.05, 4.69) is 0 Å². The monoisotopic (exact) mass is 304 g/mol. The van der Waals surface area contributed by atoms with Gasteiger partial charge in [0.25, 0.3) is 0 Å². The predicted octanol–water partition coefficient (Wildman–Crippen LogP) is -0.439. The molecule has 0 aromatic heterocycles. The first-order valence-electron chi connectivity index (χ1n) is 6.53. The van der Waals surface area contributed by atoms with Crippen molar-refractivity contribution in [1.82, 2.24) is 0 Å². The van der Waals surface area contributed by atoms with Gasteiger partial charge in [-0.2, -0.15) is 0 Å². The zero-order valence-electron chi connectivity index (χ0n) is 12.4. The van der Waals surface area contributed by atoms with Crippen LogP contribution in [0.5, 0.6) is 0 Å². The third-order valence-corrected chi connectivity index (χ3v) is 2.95. The Labute approximate surface area is 122 Å². The van der Waals surface area contributed by atoms with Crippen molar-refractivity contribution < 1.29 is 38.4 Å². The van der Waals surface area contributed by atoms with Crippen LogP contribution in [0, 0.1) is 0 Å². The summed E-state index contributed by atoms with van der Waals surface area (Å²) in [5.74, 6) is -1.78. The molecule has 1 heterocycles. The number of hydrogen-bond acceptors (Lipinski definition) is 8. The van der Waals surface area contributed by atoms with Crippen LogP contribution in [0.1, 0.15) is 27.7 Å². The highest BCUT2D eigenvalue weighted by atomic mass is 16.6. The minimum atomic E-state index is -1.16. The topological polar surface area (TPSA) is 108 Å². The number of aliphatic hydroxyl groups excluding tert-OH is 1. The quantitative estimate of drug-likeness (QED) is 0.550. The fourth-order valence-electron chi connectivity index (χ4n) is 2.10. The molecule has 1 fully saturated rings. The average Bonchev–Trinajstić information content (AvgIpc) is 2.35. The number of hydrogen-bond donors (Lipinski definition) is 1. The summed E-state index contributed by atoms with van der Waals surface area (Å²) in [6.07, 6.45) is -4.82. The number of carbonyl (C=O) groups is 3. The lowest BCUT2D eigenvalue weighted by Crippen LogP contribution is -2.60. The highest BCUT2D eigenvalue weighted by Gasteiger charge is 2.48. The molecule has 8 nitrogen and oxygen atoms in total. The van der Waals surface area contributed by atoms with E-state index in [1.165, 1.54) is 20.8 Å². The molecule has 1 aliphatic rings. The molecular formula is C13H20O8. The maximum atomic E-state index is 11.2. The smallest absolute Gasteiger partial charge is 0.303 e. The van der Waals surface area contributed by atoms with Gasteiger partial charge in [0.05, 0.1) is 6.10 Å². The minimum absolute atomic E-state index is 0.178. The van der Waals surface area contributed by atoms with Crippen molar-refractivity contribution >= 4 is 17.9 Å². The van der Waals surface area contributed by atoms with Crippen LogP contribution in [-0.4, -0.2) is 60.1 Å². The van der Waals surface area contributed by atoms with Crippen molar-refractivity contribution in [2.75, 3.05) is 6.61 Å². The van der Waals surface area contributed by atoms with Crippen LogP contribution in [0.3, 0.4) is 0 Å². The molecular weight excluding hydrogens is 284 g/mol. The Morgan fingerprint density at radius 2 is 1.52 bits per heavy atom. The SMILES string of the molecule is CC(=O)OC[C@H]1O[C@@H](C)[C@H](O)[C@@H](OC(C)=O)[C@H]1OC(C)=O. The van der Waals surface area contributed by atoms with Gasteiger partial charge in [0.1, 0.15) is 18.8 Å².